The van der Waals surface area contributed by atoms with Crippen molar-refractivity contribution in [2.24, 2.45) is 11.6 Å². The number of benzene rings is 2. The lowest BCUT2D eigenvalue weighted by Gasteiger charge is -2.12. The molecule has 0 radical (unpaired) electrons. The Hall–Kier alpha value is -2.65. The Labute approximate surface area is 144 Å². The van der Waals surface area contributed by atoms with E-state index in [1.807, 2.05) is 0 Å². The molecule has 0 atom stereocenters. The van der Waals surface area contributed by atoms with E-state index in [0.29, 0.717) is 16.9 Å². The van der Waals surface area contributed by atoms with Crippen molar-refractivity contribution in [3.05, 3.63) is 59.7 Å². The number of alkyl halides is 4. The van der Waals surface area contributed by atoms with Crippen molar-refractivity contribution in [3.63, 3.8) is 0 Å². The van der Waals surface area contributed by atoms with Crippen LogP contribution in [0.2, 0.25) is 0 Å². The molecule has 5 nitrogen and oxygen atoms in total. The highest BCUT2D eigenvalue weighted by molar-refractivity contribution is 6.00. The van der Waals surface area contributed by atoms with E-state index in [9.17, 15) is 17.6 Å². The van der Waals surface area contributed by atoms with E-state index < -0.39 is 18.4 Å². The molecule has 0 heterocycles. The zero-order chi connectivity index (χ0) is 18.9. The van der Waals surface area contributed by atoms with E-state index in [1.54, 1.807) is 24.3 Å². The van der Waals surface area contributed by atoms with Crippen LogP contribution in [0.5, 0.6) is 0 Å². The predicted octanol–water partition coefficient (Wildman–Crippen LogP) is 3.40. The number of hydrazine groups is 1. The normalized spacial score (nSPS) is 10.6. The van der Waals surface area contributed by atoms with Crippen LogP contribution in [0.3, 0.4) is 0 Å². The van der Waals surface area contributed by atoms with Gasteiger partial charge in [0.15, 0.2) is 0 Å². The summed E-state index contributed by atoms with van der Waals surface area (Å²) in [4.78, 5) is 0. The van der Waals surface area contributed by atoms with Crippen LogP contribution in [0.1, 0.15) is 12.6 Å². The lowest BCUT2D eigenvalue weighted by Crippen LogP contribution is -2.23. The van der Waals surface area contributed by atoms with Crippen molar-refractivity contribution < 1.29 is 19.0 Å². The van der Waals surface area contributed by atoms with Crippen LogP contribution in [-0.4, -0.2) is 19.1 Å². The molecule has 0 aliphatic carbocycles. The molecule has 0 aliphatic heterocycles. The molecule has 25 heavy (non-hydrogen) atoms. The molecule has 0 fully saturated rings. The third-order valence-electron chi connectivity index (χ3n) is 2.95. The van der Waals surface area contributed by atoms with Gasteiger partial charge in [0.2, 0.25) is 0 Å². The van der Waals surface area contributed by atoms with Gasteiger partial charge >= 0.3 is 6.18 Å². The molecule has 0 aliphatic rings. The molecule has 0 saturated heterocycles. The summed E-state index contributed by atoms with van der Waals surface area (Å²) in [6, 6.07) is 11.5. The molecule has 2 rings (SSSR count). The fourth-order valence-electron chi connectivity index (χ4n) is 1.78. The van der Waals surface area contributed by atoms with E-state index in [4.69, 9.17) is 11.1 Å². The summed E-state index contributed by atoms with van der Waals surface area (Å²) in [5.41, 5.74) is 8.44. The average Bonchev–Trinajstić information content (AvgIpc) is 2.56. The predicted molar refractivity (Wildman–Crippen MR) is 92.5 cm³/mol. The fraction of sp³-hybridized carbons (Fsp3) is 0.188. The first-order valence-corrected chi connectivity index (χ1v) is 7.16. The second-order valence-corrected chi connectivity index (χ2v) is 4.80. The van der Waals surface area contributed by atoms with E-state index in [0.717, 1.165) is 12.1 Å². The van der Waals surface area contributed by atoms with Crippen LogP contribution in [0.15, 0.2) is 48.5 Å². The van der Waals surface area contributed by atoms with Gasteiger partial charge in [0, 0.05) is 24.9 Å². The Morgan fingerprint density at radius 1 is 1.08 bits per heavy atom. The first-order chi connectivity index (χ1) is 11.8. The molecule has 2 aromatic carbocycles. The van der Waals surface area contributed by atoms with E-state index in [1.165, 1.54) is 12.1 Å². The lowest BCUT2D eigenvalue weighted by molar-refractivity contribution is -0.137. The SMILES string of the molecule is N=C(N)c1ccccc1Nc1ccc(C(F)(F)F)cc1.NNCCF.[HH]. The number of amidine groups is 1. The molecule has 0 aromatic heterocycles. The van der Waals surface area contributed by atoms with Crippen molar-refractivity contribution >= 4 is 17.2 Å². The van der Waals surface area contributed by atoms with Crippen molar-refractivity contribution in [1.29, 1.82) is 5.41 Å². The molecular formula is C16H21F4N5. The number of hydrogen-bond acceptors (Lipinski definition) is 4. The van der Waals surface area contributed by atoms with Gasteiger partial charge in [-0.1, -0.05) is 12.1 Å². The van der Waals surface area contributed by atoms with Gasteiger partial charge < -0.3 is 11.1 Å². The van der Waals surface area contributed by atoms with Gasteiger partial charge in [0.05, 0.1) is 5.56 Å². The molecule has 2 aromatic rings. The van der Waals surface area contributed by atoms with Gasteiger partial charge in [0.1, 0.15) is 12.5 Å². The molecule has 0 bridgehead atoms. The Morgan fingerprint density at radius 2 is 1.68 bits per heavy atom. The van der Waals surface area contributed by atoms with Crippen LogP contribution >= 0.6 is 0 Å². The number of para-hydroxylation sites is 1. The number of anilines is 2. The Bertz CT molecular complexity index is 675. The summed E-state index contributed by atoms with van der Waals surface area (Å²) in [6.45, 7) is -0.142. The molecule has 0 saturated carbocycles. The summed E-state index contributed by atoms with van der Waals surface area (Å²) in [6.07, 6.45) is -4.35. The zero-order valence-corrected chi connectivity index (χ0v) is 13.2. The van der Waals surface area contributed by atoms with Crippen LogP contribution in [0.4, 0.5) is 28.9 Å². The fourth-order valence-corrected chi connectivity index (χ4v) is 1.78. The van der Waals surface area contributed by atoms with Crippen LogP contribution < -0.4 is 22.3 Å². The summed E-state index contributed by atoms with van der Waals surface area (Å²) in [5, 5.41) is 10.4. The lowest BCUT2D eigenvalue weighted by atomic mass is 10.1. The van der Waals surface area contributed by atoms with Crippen molar-refractivity contribution in [2.45, 2.75) is 6.18 Å². The number of rotatable bonds is 5. The first-order valence-electron chi connectivity index (χ1n) is 7.16. The van der Waals surface area contributed by atoms with Gasteiger partial charge in [-0.15, -0.1) is 0 Å². The van der Waals surface area contributed by atoms with Crippen LogP contribution in [-0.2, 0) is 6.18 Å². The Kier molecular flexibility index (Phi) is 7.83. The van der Waals surface area contributed by atoms with Crippen LogP contribution in [0.25, 0.3) is 0 Å². The maximum atomic E-state index is 12.5. The highest BCUT2D eigenvalue weighted by Crippen LogP contribution is 2.30. The quantitative estimate of drug-likeness (QED) is 0.186. The molecule has 0 unspecified atom stereocenters. The summed E-state index contributed by atoms with van der Waals surface area (Å²) in [5.74, 6) is 4.54. The van der Waals surface area contributed by atoms with Gasteiger partial charge in [0.25, 0.3) is 0 Å². The highest BCUT2D eigenvalue weighted by Gasteiger charge is 2.29. The molecule has 138 valence electrons. The summed E-state index contributed by atoms with van der Waals surface area (Å²) < 4.78 is 48.2. The molecule has 7 N–H and O–H groups in total. The molecule has 9 heteroatoms. The summed E-state index contributed by atoms with van der Waals surface area (Å²) >= 11 is 0. The van der Waals surface area contributed by atoms with E-state index in [-0.39, 0.29) is 13.8 Å². The Balaban J connectivity index is 0.000000923. The van der Waals surface area contributed by atoms with E-state index >= 15 is 0 Å². The number of nitrogen functional groups attached to an aromatic ring is 1. The standard InChI is InChI=1S/C14H12F3N3.C2H7FN2.H2/c15-14(16,17)9-5-7-10(8-6-9)20-12-4-2-1-3-11(12)13(18)19;3-1-2-5-4;/h1-8,20H,(H3,18,19);5H,1-2,4H2;1H. The number of nitrogens with two attached hydrogens (primary N) is 2. The number of hydrogen-bond donors (Lipinski definition) is 5. The minimum atomic E-state index is -4.35. The maximum Gasteiger partial charge on any atom is 0.416 e. The average molecular weight is 359 g/mol. The van der Waals surface area contributed by atoms with E-state index in [2.05, 4.69) is 16.6 Å². The topological polar surface area (TPSA) is 100.0 Å². The zero-order valence-electron chi connectivity index (χ0n) is 13.2. The summed E-state index contributed by atoms with van der Waals surface area (Å²) in [7, 11) is 0. The maximum absolute atomic E-state index is 12.5. The van der Waals surface area contributed by atoms with Crippen molar-refractivity contribution in [2.75, 3.05) is 18.5 Å². The highest BCUT2D eigenvalue weighted by atomic mass is 19.4. The monoisotopic (exact) mass is 359 g/mol. The third-order valence-corrected chi connectivity index (χ3v) is 2.95. The second-order valence-electron chi connectivity index (χ2n) is 4.80. The van der Waals surface area contributed by atoms with Gasteiger partial charge in [-0.3, -0.25) is 16.7 Å². The van der Waals surface area contributed by atoms with Crippen molar-refractivity contribution in [1.82, 2.24) is 5.43 Å². The minimum absolute atomic E-state index is 0. The van der Waals surface area contributed by atoms with Crippen molar-refractivity contribution in [3.8, 4) is 0 Å². The Morgan fingerprint density at radius 3 is 2.12 bits per heavy atom. The van der Waals surface area contributed by atoms with Gasteiger partial charge in [-0.25, -0.2) is 4.39 Å². The number of nitrogens with one attached hydrogen (secondary N) is 3. The molecule has 0 amide bonds. The smallest absolute Gasteiger partial charge is 0.384 e. The van der Waals surface area contributed by atoms with Crippen LogP contribution in [0, 0.1) is 5.41 Å². The minimum Gasteiger partial charge on any atom is -0.384 e. The number of halogens is 4. The third kappa shape index (κ3) is 6.77. The molecular weight excluding hydrogens is 338 g/mol. The van der Waals surface area contributed by atoms with Gasteiger partial charge in [-0.05, 0) is 36.4 Å². The second kappa shape index (κ2) is 9.60. The largest absolute Gasteiger partial charge is 0.416 e. The first kappa shape index (κ1) is 20.4. The van der Waals surface area contributed by atoms with Gasteiger partial charge in [-0.2, -0.15) is 13.2 Å². The molecule has 0 spiro atoms.